The molecule has 5 nitrogen and oxygen atoms in total. The fourth-order valence-electron chi connectivity index (χ4n) is 1.48. The molecular weight excluding hydrogens is 222 g/mol. The highest BCUT2D eigenvalue weighted by Gasteiger charge is 2.18. The van der Waals surface area contributed by atoms with Crippen molar-refractivity contribution in [2.75, 3.05) is 7.11 Å². The van der Waals surface area contributed by atoms with Crippen LogP contribution in [-0.4, -0.2) is 23.3 Å². The van der Waals surface area contributed by atoms with Gasteiger partial charge in [0.05, 0.1) is 7.11 Å². The number of carboxylic acid groups (broad SMARTS) is 1. The van der Waals surface area contributed by atoms with Crippen LogP contribution in [0.5, 0.6) is 11.5 Å². The summed E-state index contributed by atoms with van der Waals surface area (Å²) >= 11 is 0. The molecule has 0 amide bonds. The third kappa shape index (κ3) is 2.76. The molecule has 0 saturated carbocycles. The van der Waals surface area contributed by atoms with Gasteiger partial charge in [-0.15, -0.1) is 6.58 Å². The van der Waals surface area contributed by atoms with Gasteiger partial charge in [-0.3, -0.25) is 4.79 Å². The number of allylic oxidation sites excluding steroid dienone is 1. The fraction of sp³-hybridized carbons (Fsp3) is 0.250. The number of hydrogen-bond donors (Lipinski definition) is 3. The highest BCUT2D eigenvalue weighted by atomic mass is 16.5. The van der Waals surface area contributed by atoms with Gasteiger partial charge in [0.1, 0.15) is 6.04 Å². The van der Waals surface area contributed by atoms with E-state index in [-0.39, 0.29) is 11.5 Å². The zero-order valence-electron chi connectivity index (χ0n) is 9.51. The number of phenolic OH excluding ortho intramolecular Hbond substituents is 1. The molecule has 0 heterocycles. The van der Waals surface area contributed by atoms with Gasteiger partial charge in [0.15, 0.2) is 11.5 Å². The molecule has 0 spiro atoms. The Hall–Kier alpha value is -2.01. The molecule has 1 rings (SSSR count). The maximum Gasteiger partial charge on any atom is 0.325 e. The monoisotopic (exact) mass is 237 g/mol. The topological polar surface area (TPSA) is 92.8 Å². The normalized spacial score (nSPS) is 11.9. The zero-order chi connectivity index (χ0) is 13.0. The molecule has 4 N–H and O–H groups in total. The fourth-order valence-corrected chi connectivity index (χ4v) is 1.48. The number of carboxylic acids is 1. The SMILES string of the molecule is C=CCc1cc([C@H](N)C(=O)O)cc(OC)c1O. The Morgan fingerprint density at radius 1 is 1.65 bits per heavy atom. The summed E-state index contributed by atoms with van der Waals surface area (Å²) in [7, 11) is 1.39. The number of ether oxygens (including phenoxy) is 1. The Balaban J connectivity index is 3.28. The molecule has 92 valence electrons. The van der Waals surface area contributed by atoms with E-state index < -0.39 is 12.0 Å². The number of aromatic hydroxyl groups is 1. The number of phenols is 1. The first-order valence-electron chi connectivity index (χ1n) is 5.00. The van der Waals surface area contributed by atoms with Crippen LogP contribution in [0, 0.1) is 0 Å². The predicted molar refractivity (Wildman–Crippen MR) is 63.1 cm³/mol. The van der Waals surface area contributed by atoms with Crippen molar-refractivity contribution in [2.45, 2.75) is 12.5 Å². The highest BCUT2D eigenvalue weighted by Crippen LogP contribution is 2.33. The van der Waals surface area contributed by atoms with E-state index in [1.54, 1.807) is 12.1 Å². The van der Waals surface area contributed by atoms with Crippen LogP contribution < -0.4 is 10.5 Å². The third-order valence-electron chi connectivity index (χ3n) is 2.39. The van der Waals surface area contributed by atoms with Crippen molar-refractivity contribution in [2.24, 2.45) is 5.73 Å². The zero-order valence-corrected chi connectivity index (χ0v) is 9.51. The molecule has 0 fully saturated rings. The van der Waals surface area contributed by atoms with Gasteiger partial charge < -0.3 is 20.7 Å². The van der Waals surface area contributed by atoms with Gasteiger partial charge in [-0.1, -0.05) is 6.08 Å². The average molecular weight is 237 g/mol. The van der Waals surface area contributed by atoms with Crippen LogP contribution in [0.25, 0.3) is 0 Å². The van der Waals surface area contributed by atoms with E-state index in [1.807, 2.05) is 0 Å². The molecule has 0 aliphatic rings. The number of rotatable bonds is 5. The molecule has 0 saturated heterocycles. The van der Waals surface area contributed by atoms with E-state index in [0.29, 0.717) is 17.5 Å². The van der Waals surface area contributed by atoms with Gasteiger partial charge >= 0.3 is 5.97 Å². The summed E-state index contributed by atoms with van der Waals surface area (Å²) in [5.74, 6) is -0.952. The van der Waals surface area contributed by atoms with Crippen LogP contribution in [0.2, 0.25) is 0 Å². The molecule has 0 aliphatic carbocycles. The number of aliphatic carboxylic acids is 1. The standard InChI is InChI=1S/C12H15NO4/c1-3-4-7-5-8(10(13)12(15)16)6-9(17-2)11(7)14/h3,5-6,10,14H,1,4,13H2,2H3,(H,15,16)/t10-/m0/s1. The first-order valence-corrected chi connectivity index (χ1v) is 5.00. The third-order valence-corrected chi connectivity index (χ3v) is 2.39. The number of carbonyl (C=O) groups is 1. The Morgan fingerprint density at radius 2 is 2.29 bits per heavy atom. The van der Waals surface area contributed by atoms with Crippen molar-refractivity contribution in [1.29, 1.82) is 0 Å². The molecule has 1 aromatic carbocycles. The van der Waals surface area contributed by atoms with Crippen LogP contribution in [-0.2, 0) is 11.2 Å². The molecule has 5 heteroatoms. The predicted octanol–water partition coefficient (Wildman–Crippen LogP) is 1.21. The van der Waals surface area contributed by atoms with Gasteiger partial charge in [0.2, 0.25) is 0 Å². The minimum atomic E-state index is -1.15. The molecule has 0 aliphatic heterocycles. The summed E-state index contributed by atoms with van der Waals surface area (Å²) < 4.78 is 4.97. The first-order chi connectivity index (χ1) is 8.01. The number of hydrogen-bond acceptors (Lipinski definition) is 4. The summed E-state index contributed by atoms with van der Waals surface area (Å²) in [6, 6.07) is 1.81. The maximum absolute atomic E-state index is 10.8. The second-order valence-corrected chi connectivity index (χ2v) is 3.54. The van der Waals surface area contributed by atoms with Gasteiger partial charge in [-0.2, -0.15) is 0 Å². The van der Waals surface area contributed by atoms with Crippen LogP contribution in [0.15, 0.2) is 24.8 Å². The van der Waals surface area contributed by atoms with Gasteiger partial charge in [-0.05, 0) is 24.1 Å². The number of nitrogens with two attached hydrogens (primary N) is 1. The lowest BCUT2D eigenvalue weighted by molar-refractivity contribution is -0.138. The van der Waals surface area contributed by atoms with Crippen molar-refractivity contribution >= 4 is 5.97 Å². The lowest BCUT2D eigenvalue weighted by atomic mass is 10.0. The molecule has 1 aromatic rings. The quantitative estimate of drug-likeness (QED) is 0.669. The molecular formula is C12H15NO4. The summed E-state index contributed by atoms with van der Waals surface area (Å²) in [6.45, 7) is 3.56. The van der Waals surface area contributed by atoms with Crippen molar-refractivity contribution in [3.63, 3.8) is 0 Å². The van der Waals surface area contributed by atoms with Crippen molar-refractivity contribution in [3.8, 4) is 11.5 Å². The van der Waals surface area contributed by atoms with Crippen LogP contribution in [0.4, 0.5) is 0 Å². The molecule has 0 unspecified atom stereocenters. The van der Waals surface area contributed by atoms with E-state index >= 15 is 0 Å². The highest BCUT2D eigenvalue weighted by molar-refractivity contribution is 5.75. The second kappa shape index (κ2) is 5.36. The second-order valence-electron chi connectivity index (χ2n) is 3.54. The lowest BCUT2D eigenvalue weighted by Gasteiger charge is -2.13. The van der Waals surface area contributed by atoms with Crippen LogP contribution >= 0.6 is 0 Å². The first kappa shape index (κ1) is 13.1. The molecule has 0 radical (unpaired) electrons. The molecule has 0 aromatic heterocycles. The summed E-state index contributed by atoms with van der Waals surface area (Å²) in [6.07, 6.45) is 2.01. The van der Waals surface area contributed by atoms with E-state index in [9.17, 15) is 9.90 Å². The summed E-state index contributed by atoms with van der Waals surface area (Å²) in [5, 5.41) is 18.6. The largest absolute Gasteiger partial charge is 0.504 e. The Labute approximate surface area is 99.1 Å². The van der Waals surface area contributed by atoms with Gasteiger partial charge in [-0.25, -0.2) is 0 Å². The van der Waals surface area contributed by atoms with E-state index in [4.69, 9.17) is 15.6 Å². The van der Waals surface area contributed by atoms with Crippen LogP contribution in [0.1, 0.15) is 17.2 Å². The summed E-state index contributed by atoms with van der Waals surface area (Å²) in [4.78, 5) is 10.8. The van der Waals surface area contributed by atoms with Gasteiger partial charge in [0, 0.05) is 5.56 Å². The van der Waals surface area contributed by atoms with E-state index in [0.717, 1.165) is 0 Å². The maximum atomic E-state index is 10.8. The molecule has 1 atom stereocenters. The van der Waals surface area contributed by atoms with Crippen molar-refractivity contribution in [1.82, 2.24) is 0 Å². The number of methoxy groups -OCH3 is 1. The van der Waals surface area contributed by atoms with E-state index in [1.165, 1.54) is 13.2 Å². The Morgan fingerprint density at radius 3 is 2.76 bits per heavy atom. The van der Waals surface area contributed by atoms with Crippen molar-refractivity contribution < 1.29 is 19.7 Å². The average Bonchev–Trinajstić information content (AvgIpc) is 2.31. The smallest absolute Gasteiger partial charge is 0.325 e. The lowest BCUT2D eigenvalue weighted by Crippen LogP contribution is -2.20. The van der Waals surface area contributed by atoms with Gasteiger partial charge in [0.25, 0.3) is 0 Å². The van der Waals surface area contributed by atoms with Crippen LogP contribution in [0.3, 0.4) is 0 Å². The summed E-state index contributed by atoms with van der Waals surface area (Å²) in [5.41, 5.74) is 6.43. The minimum absolute atomic E-state index is 0.0197. The molecule has 17 heavy (non-hydrogen) atoms. The number of benzene rings is 1. The molecule has 0 bridgehead atoms. The minimum Gasteiger partial charge on any atom is -0.504 e. The van der Waals surface area contributed by atoms with E-state index in [2.05, 4.69) is 6.58 Å². The Bertz CT molecular complexity index is 442. The Kier molecular flexibility index (Phi) is 4.12. The van der Waals surface area contributed by atoms with Crippen molar-refractivity contribution in [3.05, 3.63) is 35.9 Å².